The zero-order valence-electron chi connectivity index (χ0n) is 25.7. The molecule has 1 aliphatic carbocycles. The van der Waals surface area contributed by atoms with E-state index in [0.29, 0.717) is 36.1 Å². The lowest BCUT2D eigenvalue weighted by Crippen LogP contribution is -2.46. The predicted molar refractivity (Wildman–Crippen MR) is 177 cm³/mol. The molecular weight excluding hydrogens is 615 g/mol. The number of carbonyl (C=O) groups excluding carboxylic acids is 1. The number of carbonyl (C=O) groups is 1. The molecule has 0 atom stereocenters. The zero-order chi connectivity index (χ0) is 31.6. The van der Waals surface area contributed by atoms with Crippen LogP contribution in [0.5, 0.6) is 0 Å². The number of thioether (sulfide) groups is 1. The third-order valence-electron chi connectivity index (χ3n) is 8.87. The lowest BCUT2D eigenvalue weighted by Gasteiger charge is -2.30. The van der Waals surface area contributed by atoms with Gasteiger partial charge in [-0.15, -0.1) is 16.9 Å². The molecule has 238 valence electrons. The van der Waals surface area contributed by atoms with Gasteiger partial charge in [0.2, 0.25) is 11.8 Å². The molecule has 47 heavy (non-hydrogen) atoms. The topological polar surface area (TPSA) is 158 Å². The van der Waals surface area contributed by atoms with E-state index in [1.54, 1.807) is 11.0 Å². The molecule has 0 spiro atoms. The summed E-state index contributed by atoms with van der Waals surface area (Å²) in [5.41, 5.74) is 3.87. The second-order valence-electron chi connectivity index (χ2n) is 12.0. The van der Waals surface area contributed by atoms with Crippen LogP contribution in [0.2, 0.25) is 0 Å². The van der Waals surface area contributed by atoms with Crippen LogP contribution in [0.1, 0.15) is 62.4 Å². The maximum absolute atomic E-state index is 13.3. The first-order chi connectivity index (χ1) is 23.1. The molecule has 0 aliphatic heterocycles. The third kappa shape index (κ3) is 5.84. The van der Waals surface area contributed by atoms with Gasteiger partial charge in [0.1, 0.15) is 34.6 Å². The van der Waals surface area contributed by atoms with Crippen molar-refractivity contribution in [3.63, 3.8) is 0 Å². The summed E-state index contributed by atoms with van der Waals surface area (Å²) in [7, 11) is 0. The van der Waals surface area contributed by atoms with E-state index in [1.165, 1.54) is 28.9 Å². The first-order valence-corrected chi connectivity index (χ1v) is 16.9. The predicted octanol–water partition coefficient (Wildman–Crippen LogP) is 5.38. The van der Waals surface area contributed by atoms with Gasteiger partial charge in [0.15, 0.2) is 11.5 Å². The van der Waals surface area contributed by atoms with Crippen molar-refractivity contribution in [1.29, 1.82) is 0 Å². The fraction of sp³-hybridized carbons (Fsp3) is 0.333. The van der Waals surface area contributed by atoms with E-state index in [0.717, 1.165) is 65.8 Å². The van der Waals surface area contributed by atoms with E-state index in [-0.39, 0.29) is 12.5 Å². The van der Waals surface area contributed by atoms with Crippen LogP contribution in [-0.2, 0) is 23.4 Å². The van der Waals surface area contributed by atoms with Gasteiger partial charge in [-0.3, -0.25) is 4.79 Å². The van der Waals surface area contributed by atoms with Crippen LogP contribution >= 0.6 is 11.8 Å². The number of fused-ring (bicyclic) bond motifs is 4. The normalized spacial score (nSPS) is 15.0. The molecule has 5 heterocycles. The molecule has 1 amide bonds. The molecule has 8 rings (SSSR count). The Hall–Kier alpha value is -5.11. The highest BCUT2D eigenvalue weighted by Gasteiger charge is 2.39. The van der Waals surface area contributed by atoms with Crippen LogP contribution in [-0.4, -0.2) is 61.3 Å². The van der Waals surface area contributed by atoms with Crippen LogP contribution in [0.25, 0.3) is 33.0 Å². The van der Waals surface area contributed by atoms with Crippen molar-refractivity contribution >= 4 is 50.6 Å². The summed E-state index contributed by atoms with van der Waals surface area (Å²) in [5, 5.41) is 19.7. The summed E-state index contributed by atoms with van der Waals surface area (Å²) in [6.45, 7) is 0.870. The van der Waals surface area contributed by atoms with Crippen molar-refractivity contribution in [2.24, 2.45) is 0 Å². The molecule has 7 aromatic rings. The van der Waals surface area contributed by atoms with Gasteiger partial charge in [-0.25, -0.2) is 19.6 Å². The number of hydrogen-bond acceptors (Lipinski definition) is 10. The zero-order valence-corrected chi connectivity index (χ0v) is 26.5. The van der Waals surface area contributed by atoms with Crippen molar-refractivity contribution in [3.8, 4) is 0 Å². The maximum Gasteiger partial charge on any atom is 0.248 e. The van der Waals surface area contributed by atoms with E-state index in [9.17, 15) is 4.79 Å². The standard InChI is InChI=1S/C33H33N11O2S/c45-27(13-16-47-31-29-30(35-20-34-29)36-21-37-31)39-33(14-7-1-2-8-15-33)32-38-28(46-41-32)19-43-17-22(40-42-43)18-44-25-11-5-3-9-23(25)24-10-4-6-12-26(24)44/h3-6,9-12,17,20-21H,1-2,7-8,13-16,18-19H2,(H,39,45)(H,34,35,36,37). The molecule has 2 N–H and O–H groups in total. The monoisotopic (exact) mass is 647 g/mol. The summed E-state index contributed by atoms with van der Waals surface area (Å²) in [6, 6.07) is 16.8. The number of hydrogen-bond donors (Lipinski definition) is 2. The van der Waals surface area contributed by atoms with Gasteiger partial charge >= 0.3 is 0 Å². The van der Waals surface area contributed by atoms with Crippen molar-refractivity contribution in [2.75, 3.05) is 5.75 Å². The van der Waals surface area contributed by atoms with Crippen LogP contribution in [0.4, 0.5) is 0 Å². The number of para-hydroxylation sites is 2. The average Bonchev–Trinajstić information content (AvgIpc) is 3.89. The molecule has 2 aromatic carbocycles. The molecule has 13 nitrogen and oxygen atoms in total. The Balaban J connectivity index is 0.957. The SMILES string of the molecule is O=C(CCSc1ncnc2nc[nH]c12)NC1(c2noc(Cn3cc(Cn4c5ccccc5c5ccccc54)nn3)n2)CCCCCC1. The Kier molecular flexibility index (Phi) is 7.85. The summed E-state index contributed by atoms with van der Waals surface area (Å²) in [4.78, 5) is 33.9. The molecule has 0 unspecified atom stereocenters. The number of nitrogens with one attached hydrogen (secondary N) is 2. The summed E-state index contributed by atoms with van der Waals surface area (Å²) in [5.74, 6) is 1.46. The van der Waals surface area contributed by atoms with Crippen LogP contribution in [0.3, 0.4) is 0 Å². The second kappa shape index (κ2) is 12.6. The minimum atomic E-state index is -0.671. The number of rotatable bonds is 10. The Morgan fingerprint density at radius 1 is 0.957 bits per heavy atom. The second-order valence-corrected chi connectivity index (χ2v) is 13.0. The van der Waals surface area contributed by atoms with E-state index in [4.69, 9.17) is 9.51 Å². The van der Waals surface area contributed by atoms with E-state index in [2.05, 4.69) is 93.8 Å². The Morgan fingerprint density at radius 3 is 2.51 bits per heavy atom. The highest BCUT2D eigenvalue weighted by molar-refractivity contribution is 7.99. The van der Waals surface area contributed by atoms with E-state index >= 15 is 0 Å². The Labute approximate surface area is 273 Å². The van der Waals surface area contributed by atoms with Gasteiger partial charge in [0.25, 0.3) is 0 Å². The first-order valence-electron chi connectivity index (χ1n) is 15.9. The molecule has 1 saturated carbocycles. The minimum Gasteiger partial charge on any atom is -0.343 e. The molecule has 0 bridgehead atoms. The Morgan fingerprint density at radius 2 is 1.72 bits per heavy atom. The smallest absolute Gasteiger partial charge is 0.248 e. The number of benzene rings is 2. The summed E-state index contributed by atoms with van der Waals surface area (Å²) >= 11 is 1.50. The average molecular weight is 648 g/mol. The highest BCUT2D eigenvalue weighted by Crippen LogP contribution is 2.35. The molecule has 1 fully saturated rings. The molecule has 5 aromatic heterocycles. The number of nitrogens with zero attached hydrogens (tertiary/aromatic N) is 9. The van der Waals surface area contributed by atoms with Crippen LogP contribution in [0.15, 0.2) is 76.9 Å². The number of imidazole rings is 1. The largest absolute Gasteiger partial charge is 0.343 e. The quantitative estimate of drug-likeness (QED) is 0.112. The van der Waals surface area contributed by atoms with Crippen molar-refractivity contribution in [2.45, 2.75) is 68.6 Å². The number of aromatic nitrogens is 10. The minimum absolute atomic E-state index is 0.0494. The first kappa shape index (κ1) is 29.3. The van der Waals surface area contributed by atoms with Gasteiger partial charge in [-0.2, -0.15) is 4.98 Å². The third-order valence-corrected chi connectivity index (χ3v) is 9.86. The number of amides is 1. The van der Waals surface area contributed by atoms with Crippen molar-refractivity contribution in [1.82, 2.24) is 55.0 Å². The maximum atomic E-state index is 13.3. The fourth-order valence-corrected chi connectivity index (χ4v) is 7.53. The Bertz CT molecular complexity index is 2120. The highest BCUT2D eigenvalue weighted by atomic mass is 32.2. The summed E-state index contributed by atoms with van der Waals surface area (Å²) in [6.07, 6.45) is 11.0. The lowest BCUT2D eigenvalue weighted by molar-refractivity contribution is -0.123. The molecule has 1 aliphatic rings. The molecule has 0 radical (unpaired) electrons. The van der Waals surface area contributed by atoms with Gasteiger partial charge in [-0.1, -0.05) is 72.5 Å². The molecule has 0 saturated heterocycles. The fourth-order valence-electron chi connectivity index (χ4n) is 6.63. The van der Waals surface area contributed by atoms with Gasteiger partial charge in [0, 0.05) is 34.0 Å². The van der Waals surface area contributed by atoms with Gasteiger partial charge in [-0.05, 0) is 25.0 Å². The molecular formula is C33H33N11O2S. The number of aromatic amines is 1. The van der Waals surface area contributed by atoms with Gasteiger partial charge < -0.3 is 19.4 Å². The summed E-state index contributed by atoms with van der Waals surface area (Å²) < 4.78 is 9.73. The number of H-pyrrole nitrogens is 1. The van der Waals surface area contributed by atoms with Crippen molar-refractivity contribution < 1.29 is 9.32 Å². The van der Waals surface area contributed by atoms with Crippen LogP contribution < -0.4 is 5.32 Å². The van der Waals surface area contributed by atoms with E-state index in [1.807, 2.05) is 6.20 Å². The molecule has 14 heteroatoms. The van der Waals surface area contributed by atoms with Crippen molar-refractivity contribution in [3.05, 3.63) is 84.8 Å². The van der Waals surface area contributed by atoms with E-state index < -0.39 is 5.54 Å². The van der Waals surface area contributed by atoms with Gasteiger partial charge in [0.05, 0.1) is 19.1 Å². The van der Waals surface area contributed by atoms with Crippen LogP contribution in [0, 0.1) is 0 Å². The lowest BCUT2D eigenvalue weighted by atomic mass is 9.89.